The van der Waals surface area contributed by atoms with Gasteiger partial charge in [0, 0.05) is 28.3 Å². The number of thioether (sulfide) groups is 1. The summed E-state index contributed by atoms with van der Waals surface area (Å²) >= 11 is 2.51. The Kier molecular flexibility index (Phi) is 9.40. The Balaban J connectivity index is 1.34. The fourth-order valence-corrected chi connectivity index (χ4v) is 6.90. The van der Waals surface area contributed by atoms with Gasteiger partial charge in [-0.2, -0.15) is 0 Å². The molecule has 0 radical (unpaired) electrons. The zero-order chi connectivity index (χ0) is 31.4. The molecule has 2 aromatic carbocycles. The van der Waals surface area contributed by atoms with Crippen molar-refractivity contribution in [3.05, 3.63) is 91.1 Å². The summed E-state index contributed by atoms with van der Waals surface area (Å²) in [7, 11) is 0. The van der Waals surface area contributed by atoms with Crippen molar-refractivity contribution >= 4 is 51.6 Å². The molecule has 0 aliphatic heterocycles. The van der Waals surface area contributed by atoms with Gasteiger partial charge in [0.15, 0.2) is 11.0 Å². The molecule has 2 amide bonds. The number of rotatable bonds is 11. The van der Waals surface area contributed by atoms with Crippen molar-refractivity contribution in [1.82, 2.24) is 20.1 Å². The number of nitrogens with one attached hydrogen (secondary N) is 2. The van der Waals surface area contributed by atoms with Crippen molar-refractivity contribution in [2.24, 2.45) is 0 Å². The van der Waals surface area contributed by atoms with Crippen LogP contribution < -0.4 is 10.6 Å². The first-order chi connectivity index (χ1) is 21.2. The van der Waals surface area contributed by atoms with Gasteiger partial charge in [-0.3, -0.25) is 24.3 Å². The Labute approximate surface area is 261 Å². The van der Waals surface area contributed by atoms with E-state index in [1.807, 2.05) is 19.9 Å². The van der Waals surface area contributed by atoms with Crippen LogP contribution >= 0.6 is 23.1 Å². The molecule has 0 bridgehead atoms. The van der Waals surface area contributed by atoms with Crippen LogP contribution in [0.1, 0.15) is 61.5 Å². The monoisotopic (exact) mass is 634 g/mol. The summed E-state index contributed by atoms with van der Waals surface area (Å²) in [5.41, 5.74) is 4.39. The molecule has 2 heterocycles. The molecule has 0 saturated heterocycles. The number of hydrogen-bond donors (Lipinski definition) is 2. The first kappa shape index (κ1) is 30.9. The number of benzene rings is 2. The van der Waals surface area contributed by atoms with Gasteiger partial charge in [-0.05, 0) is 81.0 Å². The predicted molar refractivity (Wildman–Crippen MR) is 167 cm³/mol. The van der Waals surface area contributed by atoms with E-state index in [9.17, 15) is 24.5 Å². The van der Waals surface area contributed by atoms with E-state index in [1.165, 1.54) is 23.5 Å². The molecule has 1 aliphatic carbocycles. The number of ether oxygens (including phenoxy) is 1. The number of non-ortho nitro benzene ring substituents is 1. The highest BCUT2D eigenvalue weighted by Gasteiger charge is 2.28. The molecule has 44 heavy (non-hydrogen) atoms. The number of aryl methyl sites for hydroxylation is 3. The Morgan fingerprint density at radius 2 is 1.86 bits per heavy atom. The molecule has 2 aromatic heterocycles. The van der Waals surface area contributed by atoms with E-state index in [0.717, 1.165) is 52.6 Å². The third-order valence-corrected chi connectivity index (χ3v) is 9.32. The summed E-state index contributed by atoms with van der Waals surface area (Å²) in [5.74, 6) is -0.757. The van der Waals surface area contributed by atoms with Gasteiger partial charge < -0.3 is 15.4 Å². The van der Waals surface area contributed by atoms with Gasteiger partial charge in [0.25, 0.3) is 11.6 Å². The summed E-state index contributed by atoms with van der Waals surface area (Å²) < 4.78 is 6.90. The van der Waals surface area contributed by atoms with Crippen LogP contribution in [0.5, 0.6) is 0 Å². The normalized spacial score (nSPS) is 12.1. The number of hydrogen-bond acceptors (Lipinski definition) is 10. The maximum atomic E-state index is 13.1. The molecular weight excluding hydrogens is 605 g/mol. The SMILES string of the molecule is CCOC(=O)c1c(NC(=O)CSc2nnc(CNC(=O)c3ccc(C)c(C)c3)n2-c2ccc([N+](=O)[O-])cc2)sc2c1CCC2. The van der Waals surface area contributed by atoms with E-state index >= 15 is 0 Å². The molecule has 5 rings (SSSR count). The second kappa shape index (κ2) is 13.4. The molecule has 2 N–H and O–H groups in total. The molecular formula is C30H30N6O6S2. The highest BCUT2D eigenvalue weighted by Crippen LogP contribution is 2.39. The van der Waals surface area contributed by atoms with Gasteiger partial charge in [0.2, 0.25) is 5.91 Å². The molecule has 0 unspecified atom stereocenters. The average Bonchev–Trinajstić information content (AvgIpc) is 3.71. The largest absolute Gasteiger partial charge is 0.462 e. The predicted octanol–water partition coefficient (Wildman–Crippen LogP) is 5.18. The van der Waals surface area contributed by atoms with E-state index in [2.05, 4.69) is 20.8 Å². The first-order valence-electron chi connectivity index (χ1n) is 13.9. The maximum absolute atomic E-state index is 13.1. The molecule has 228 valence electrons. The minimum absolute atomic E-state index is 0.0200. The van der Waals surface area contributed by atoms with Gasteiger partial charge in [-0.1, -0.05) is 17.8 Å². The van der Waals surface area contributed by atoms with Crippen LogP contribution in [0.3, 0.4) is 0 Å². The Bertz CT molecular complexity index is 1750. The smallest absolute Gasteiger partial charge is 0.341 e. The van der Waals surface area contributed by atoms with Crippen LogP contribution in [-0.4, -0.2) is 49.8 Å². The molecule has 1 aliphatic rings. The Morgan fingerprint density at radius 1 is 1.09 bits per heavy atom. The topological polar surface area (TPSA) is 158 Å². The number of amides is 2. The van der Waals surface area contributed by atoms with E-state index in [0.29, 0.717) is 32.8 Å². The minimum Gasteiger partial charge on any atom is -0.462 e. The van der Waals surface area contributed by atoms with E-state index in [4.69, 9.17) is 4.74 Å². The molecule has 12 nitrogen and oxygen atoms in total. The number of nitro groups is 1. The van der Waals surface area contributed by atoms with Crippen LogP contribution in [0.15, 0.2) is 47.6 Å². The van der Waals surface area contributed by atoms with E-state index in [1.54, 1.807) is 35.8 Å². The van der Waals surface area contributed by atoms with Crippen molar-refractivity contribution < 1.29 is 24.0 Å². The molecule has 4 aromatic rings. The lowest BCUT2D eigenvalue weighted by Gasteiger charge is -2.12. The lowest BCUT2D eigenvalue weighted by molar-refractivity contribution is -0.384. The maximum Gasteiger partial charge on any atom is 0.341 e. The lowest BCUT2D eigenvalue weighted by atomic mass is 10.1. The summed E-state index contributed by atoms with van der Waals surface area (Å²) in [6.45, 7) is 5.89. The molecule has 14 heteroatoms. The number of carbonyl (C=O) groups is 3. The number of nitrogens with zero attached hydrogens (tertiary/aromatic N) is 4. The zero-order valence-electron chi connectivity index (χ0n) is 24.3. The van der Waals surface area contributed by atoms with Gasteiger partial charge in [0.05, 0.1) is 29.4 Å². The van der Waals surface area contributed by atoms with Crippen molar-refractivity contribution in [2.45, 2.75) is 51.7 Å². The highest BCUT2D eigenvalue weighted by molar-refractivity contribution is 7.99. The fourth-order valence-electron chi connectivity index (χ4n) is 4.84. The standard InChI is InChI=1S/C30H30N6O6S2/c1-4-42-29(39)26-22-6-5-7-23(22)44-28(26)32-25(37)16-43-30-34-33-24(35(30)20-10-12-21(13-11-20)36(40)41)15-31-27(38)19-9-8-17(2)18(3)14-19/h8-14H,4-7,15-16H2,1-3H3,(H,31,38)(H,32,37). The van der Waals surface area contributed by atoms with Crippen LogP contribution in [-0.2, 0) is 28.9 Å². The molecule has 0 spiro atoms. The molecule has 0 saturated carbocycles. The van der Waals surface area contributed by atoms with Gasteiger partial charge in [-0.25, -0.2) is 4.79 Å². The van der Waals surface area contributed by atoms with Crippen LogP contribution in [0.4, 0.5) is 10.7 Å². The van der Waals surface area contributed by atoms with Crippen LogP contribution in [0.25, 0.3) is 5.69 Å². The lowest BCUT2D eigenvalue weighted by Crippen LogP contribution is -2.24. The summed E-state index contributed by atoms with van der Waals surface area (Å²) in [6, 6.07) is 11.3. The van der Waals surface area contributed by atoms with Crippen molar-refractivity contribution in [3.8, 4) is 5.69 Å². The number of aromatic nitrogens is 3. The third-order valence-electron chi connectivity index (χ3n) is 7.18. The molecule has 0 fully saturated rings. The van der Waals surface area contributed by atoms with Crippen molar-refractivity contribution in [3.63, 3.8) is 0 Å². The third kappa shape index (κ3) is 6.65. The van der Waals surface area contributed by atoms with Gasteiger partial charge in [0.1, 0.15) is 5.00 Å². The number of anilines is 1. The first-order valence-corrected chi connectivity index (χ1v) is 15.7. The fraction of sp³-hybridized carbons (Fsp3) is 0.300. The average molecular weight is 635 g/mol. The zero-order valence-corrected chi connectivity index (χ0v) is 26.0. The highest BCUT2D eigenvalue weighted by atomic mass is 32.2. The number of esters is 1. The Hall–Kier alpha value is -4.56. The van der Waals surface area contributed by atoms with Gasteiger partial charge >= 0.3 is 5.97 Å². The van der Waals surface area contributed by atoms with Crippen LogP contribution in [0, 0.1) is 24.0 Å². The van der Waals surface area contributed by atoms with E-state index < -0.39 is 10.9 Å². The second-order valence-corrected chi connectivity index (χ2v) is 12.2. The number of nitro benzene ring substituents is 1. The minimum atomic E-state index is -0.494. The van der Waals surface area contributed by atoms with E-state index in [-0.39, 0.29) is 36.4 Å². The quantitative estimate of drug-likeness (QED) is 0.0981. The second-order valence-electron chi connectivity index (χ2n) is 10.1. The van der Waals surface area contributed by atoms with Crippen molar-refractivity contribution in [1.29, 1.82) is 0 Å². The van der Waals surface area contributed by atoms with Crippen LogP contribution in [0.2, 0.25) is 0 Å². The summed E-state index contributed by atoms with van der Waals surface area (Å²) in [5, 5.41) is 26.3. The Morgan fingerprint density at radius 3 is 2.57 bits per heavy atom. The summed E-state index contributed by atoms with van der Waals surface area (Å²) in [4.78, 5) is 50.4. The van der Waals surface area contributed by atoms with Crippen molar-refractivity contribution in [2.75, 3.05) is 17.7 Å². The number of carbonyl (C=O) groups excluding carboxylic acids is 3. The van der Waals surface area contributed by atoms with Gasteiger partial charge in [-0.15, -0.1) is 21.5 Å². The summed E-state index contributed by atoms with van der Waals surface area (Å²) in [6.07, 6.45) is 2.59. The number of fused-ring (bicyclic) bond motifs is 1. The molecule has 0 atom stereocenters. The number of thiophene rings is 1.